The number of nitrogens with one attached hydrogen (secondary N) is 1. The topological polar surface area (TPSA) is 57.7 Å². The van der Waals surface area contributed by atoms with E-state index in [-0.39, 0.29) is 24.3 Å². The van der Waals surface area contributed by atoms with Gasteiger partial charge in [0.25, 0.3) is 0 Å². The predicted octanol–water partition coefficient (Wildman–Crippen LogP) is 2.57. The molecule has 6 nitrogen and oxygen atoms in total. The maximum atomic E-state index is 12.6. The number of urea groups is 1. The van der Waals surface area contributed by atoms with Gasteiger partial charge in [0.1, 0.15) is 5.82 Å². The number of carbonyl (C=O) groups excluding carboxylic acids is 1. The van der Waals surface area contributed by atoms with Gasteiger partial charge >= 0.3 is 6.03 Å². The molecule has 0 radical (unpaired) electrons. The molecule has 0 aromatic carbocycles. The average molecular weight is 346 g/mol. The third kappa shape index (κ3) is 4.63. The Morgan fingerprint density at radius 3 is 2.76 bits per heavy atom. The lowest BCUT2D eigenvalue weighted by atomic mass is 10.1. The molecule has 0 spiro atoms. The zero-order valence-corrected chi connectivity index (χ0v) is 15.6. The summed E-state index contributed by atoms with van der Waals surface area (Å²) in [6, 6.07) is 6.43. The number of hydrogen-bond donors (Lipinski definition) is 1. The van der Waals surface area contributed by atoms with Crippen LogP contribution in [-0.4, -0.2) is 60.3 Å². The van der Waals surface area contributed by atoms with Crippen LogP contribution in [0.2, 0.25) is 0 Å². The summed E-state index contributed by atoms with van der Waals surface area (Å²) in [6.45, 7) is 9.39. The van der Waals surface area contributed by atoms with Crippen molar-refractivity contribution < 1.29 is 9.53 Å². The first-order chi connectivity index (χ1) is 12.0. The highest BCUT2D eigenvalue weighted by molar-refractivity contribution is 5.74. The van der Waals surface area contributed by atoms with E-state index < -0.39 is 0 Å². The van der Waals surface area contributed by atoms with E-state index in [1.165, 1.54) is 0 Å². The minimum absolute atomic E-state index is 0.0562. The second kappa shape index (κ2) is 8.04. The van der Waals surface area contributed by atoms with Gasteiger partial charge in [-0.15, -0.1) is 0 Å². The van der Waals surface area contributed by atoms with Crippen molar-refractivity contribution in [3.05, 3.63) is 23.9 Å². The van der Waals surface area contributed by atoms with Gasteiger partial charge in [-0.25, -0.2) is 9.78 Å². The summed E-state index contributed by atoms with van der Waals surface area (Å²) >= 11 is 0. The highest BCUT2D eigenvalue weighted by Gasteiger charge is 2.29. The summed E-state index contributed by atoms with van der Waals surface area (Å²) < 4.78 is 5.84. The Hall–Kier alpha value is -1.82. The van der Waals surface area contributed by atoms with Gasteiger partial charge in [-0.05, 0) is 45.2 Å². The maximum Gasteiger partial charge on any atom is 0.317 e. The standard InChI is InChI=1S/C19H30N4O2/c1-4-17-13-23(12-15(3)25-17)19(24)21-16-8-10-22(11-9-16)18-7-5-6-14(2)20-18/h5-7,15-17H,4,8-13H2,1-3H3,(H,21,24)/t15-,17-/m1/s1. The fraction of sp³-hybridized carbons (Fsp3) is 0.684. The number of ether oxygens (including phenoxy) is 1. The number of morpholine rings is 1. The van der Waals surface area contributed by atoms with E-state index in [4.69, 9.17) is 4.74 Å². The Bertz CT molecular complexity index is 587. The van der Waals surface area contributed by atoms with Crippen LogP contribution in [-0.2, 0) is 4.74 Å². The lowest BCUT2D eigenvalue weighted by Gasteiger charge is -2.38. The summed E-state index contributed by atoms with van der Waals surface area (Å²) in [7, 11) is 0. The van der Waals surface area contributed by atoms with Crippen LogP contribution < -0.4 is 10.2 Å². The molecule has 1 aromatic heterocycles. The Kier molecular flexibility index (Phi) is 5.78. The molecule has 2 atom stereocenters. The molecule has 2 aliphatic heterocycles. The first kappa shape index (κ1) is 18.0. The van der Waals surface area contributed by atoms with Crippen LogP contribution >= 0.6 is 0 Å². The molecule has 0 unspecified atom stereocenters. The molecule has 1 aromatic rings. The van der Waals surface area contributed by atoms with Gasteiger partial charge in [0.05, 0.1) is 12.2 Å². The molecule has 3 rings (SSSR count). The van der Waals surface area contributed by atoms with Crippen LogP contribution in [0.25, 0.3) is 0 Å². The molecule has 25 heavy (non-hydrogen) atoms. The second-order valence-corrected chi connectivity index (χ2v) is 7.23. The highest BCUT2D eigenvalue weighted by atomic mass is 16.5. The quantitative estimate of drug-likeness (QED) is 0.914. The van der Waals surface area contributed by atoms with Crippen LogP contribution in [0.5, 0.6) is 0 Å². The molecule has 2 fully saturated rings. The van der Waals surface area contributed by atoms with E-state index in [0.29, 0.717) is 13.1 Å². The maximum absolute atomic E-state index is 12.6. The Morgan fingerprint density at radius 1 is 1.32 bits per heavy atom. The zero-order valence-electron chi connectivity index (χ0n) is 15.6. The predicted molar refractivity (Wildman–Crippen MR) is 98.9 cm³/mol. The first-order valence-corrected chi connectivity index (χ1v) is 9.44. The lowest BCUT2D eigenvalue weighted by Crippen LogP contribution is -2.55. The average Bonchev–Trinajstić information content (AvgIpc) is 2.61. The molecular weight excluding hydrogens is 316 g/mol. The van der Waals surface area contributed by atoms with Crippen LogP contribution in [0, 0.1) is 6.92 Å². The molecule has 138 valence electrons. The van der Waals surface area contributed by atoms with Crippen LogP contribution in [0.4, 0.5) is 10.6 Å². The van der Waals surface area contributed by atoms with Crippen molar-refractivity contribution in [1.29, 1.82) is 0 Å². The van der Waals surface area contributed by atoms with Gasteiger partial charge in [0, 0.05) is 37.9 Å². The van der Waals surface area contributed by atoms with E-state index in [9.17, 15) is 4.79 Å². The number of hydrogen-bond acceptors (Lipinski definition) is 4. The summed E-state index contributed by atoms with van der Waals surface area (Å²) in [5.74, 6) is 1.04. The highest BCUT2D eigenvalue weighted by Crippen LogP contribution is 2.19. The van der Waals surface area contributed by atoms with Gasteiger partial charge < -0.3 is 19.9 Å². The van der Waals surface area contributed by atoms with Crippen molar-refractivity contribution in [2.45, 2.75) is 58.3 Å². The van der Waals surface area contributed by atoms with E-state index in [1.54, 1.807) is 0 Å². The van der Waals surface area contributed by atoms with Crippen molar-refractivity contribution in [3.8, 4) is 0 Å². The number of aromatic nitrogens is 1. The van der Waals surface area contributed by atoms with Gasteiger partial charge in [-0.1, -0.05) is 13.0 Å². The van der Waals surface area contributed by atoms with E-state index in [0.717, 1.165) is 43.9 Å². The number of rotatable bonds is 3. The number of aryl methyl sites for hydroxylation is 1. The third-order valence-corrected chi connectivity index (χ3v) is 5.09. The molecule has 0 aliphatic carbocycles. The van der Waals surface area contributed by atoms with Crippen molar-refractivity contribution in [2.24, 2.45) is 0 Å². The van der Waals surface area contributed by atoms with Crippen LogP contribution in [0.15, 0.2) is 18.2 Å². The Labute approximate surface area is 150 Å². The number of piperidine rings is 1. The summed E-state index contributed by atoms with van der Waals surface area (Å²) in [5.41, 5.74) is 1.04. The summed E-state index contributed by atoms with van der Waals surface area (Å²) in [6.07, 6.45) is 3.12. The molecule has 6 heteroatoms. The zero-order chi connectivity index (χ0) is 17.8. The first-order valence-electron chi connectivity index (χ1n) is 9.44. The molecule has 2 aliphatic rings. The molecular formula is C19H30N4O2. The van der Waals surface area contributed by atoms with E-state index in [2.05, 4.69) is 34.3 Å². The molecule has 1 N–H and O–H groups in total. The fourth-order valence-electron chi connectivity index (χ4n) is 3.66. The Balaban J connectivity index is 1.49. The number of anilines is 1. The SMILES string of the molecule is CC[C@@H]1CN(C(=O)NC2CCN(c3cccc(C)n3)CC2)C[C@@H](C)O1. The van der Waals surface area contributed by atoms with Gasteiger partial charge in [-0.3, -0.25) is 0 Å². The molecule has 2 amide bonds. The van der Waals surface area contributed by atoms with Crippen molar-refractivity contribution >= 4 is 11.8 Å². The minimum atomic E-state index is 0.0562. The third-order valence-electron chi connectivity index (χ3n) is 5.09. The Morgan fingerprint density at radius 2 is 2.08 bits per heavy atom. The van der Waals surface area contributed by atoms with Crippen molar-refractivity contribution in [1.82, 2.24) is 15.2 Å². The van der Waals surface area contributed by atoms with Crippen LogP contribution in [0.3, 0.4) is 0 Å². The van der Waals surface area contributed by atoms with Gasteiger partial charge in [0.15, 0.2) is 0 Å². The van der Waals surface area contributed by atoms with E-state index >= 15 is 0 Å². The fourth-order valence-corrected chi connectivity index (χ4v) is 3.66. The van der Waals surface area contributed by atoms with Crippen LogP contribution in [0.1, 0.15) is 38.8 Å². The minimum Gasteiger partial charge on any atom is -0.372 e. The van der Waals surface area contributed by atoms with Gasteiger partial charge in [-0.2, -0.15) is 0 Å². The number of amides is 2. The van der Waals surface area contributed by atoms with Crippen molar-refractivity contribution in [3.63, 3.8) is 0 Å². The molecule has 0 bridgehead atoms. The summed E-state index contributed by atoms with van der Waals surface area (Å²) in [4.78, 5) is 21.4. The second-order valence-electron chi connectivity index (χ2n) is 7.23. The molecule has 3 heterocycles. The smallest absolute Gasteiger partial charge is 0.317 e. The summed E-state index contributed by atoms with van der Waals surface area (Å²) in [5, 5.41) is 3.22. The molecule has 0 saturated carbocycles. The number of pyridine rings is 1. The van der Waals surface area contributed by atoms with Gasteiger partial charge in [0.2, 0.25) is 0 Å². The monoisotopic (exact) mass is 346 g/mol. The largest absolute Gasteiger partial charge is 0.372 e. The number of carbonyl (C=O) groups is 1. The number of nitrogens with zero attached hydrogens (tertiary/aromatic N) is 3. The normalized spacial score (nSPS) is 25.1. The molecule has 2 saturated heterocycles. The van der Waals surface area contributed by atoms with Crippen molar-refractivity contribution in [2.75, 3.05) is 31.1 Å². The lowest BCUT2D eigenvalue weighted by molar-refractivity contribution is -0.0648. The van der Waals surface area contributed by atoms with E-state index in [1.807, 2.05) is 24.8 Å².